The summed E-state index contributed by atoms with van der Waals surface area (Å²) in [5.41, 5.74) is 1.41. The minimum absolute atomic E-state index is 0.00614. The Balaban J connectivity index is 1.64. The Morgan fingerprint density at radius 2 is 2.33 bits per heavy atom. The van der Waals surface area contributed by atoms with Gasteiger partial charge in [-0.05, 0) is 31.9 Å². The van der Waals surface area contributed by atoms with Crippen LogP contribution in [0.15, 0.2) is 17.1 Å². The Hall–Kier alpha value is -1.63. The fourth-order valence-electron chi connectivity index (χ4n) is 3.62. The van der Waals surface area contributed by atoms with Crippen LogP contribution in [0.5, 0.6) is 0 Å². The number of aromatic nitrogens is 4. The third-order valence-electron chi connectivity index (χ3n) is 4.84. The Morgan fingerprint density at radius 3 is 3.08 bits per heavy atom. The lowest BCUT2D eigenvalue weighted by atomic mass is 10.0. The first kappa shape index (κ1) is 14.7. The molecule has 0 aromatic carbocycles. The SMILES string of the molecule is O=c1c2sc(-c3cn[nH]c3C(F)P)cc2nc2n1[C@]21CCCCN1. The van der Waals surface area contributed by atoms with E-state index in [0.29, 0.717) is 21.5 Å². The van der Waals surface area contributed by atoms with Crippen molar-refractivity contribution in [2.75, 3.05) is 6.54 Å². The van der Waals surface area contributed by atoms with Crippen molar-refractivity contribution in [3.05, 3.63) is 34.1 Å². The van der Waals surface area contributed by atoms with Crippen LogP contribution in [0, 0.1) is 0 Å². The molecule has 2 aliphatic rings. The molecule has 5 rings (SSSR count). The topological polar surface area (TPSA) is 75.6 Å². The average Bonchev–Trinajstić information content (AvgIpc) is 2.99. The van der Waals surface area contributed by atoms with E-state index in [-0.39, 0.29) is 11.2 Å². The molecule has 6 nitrogen and oxygen atoms in total. The first-order chi connectivity index (χ1) is 11.6. The van der Waals surface area contributed by atoms with Crippen molar-refractivity contribution in [1.29, 1.82) is 0 Å². The van der Waals surface area contributed by atoms with Crippen LogP contribution in [0.1, 0.15) is 36.7 Å². The molecule has 3 aromatic rings. The third-order valence-corrected chi connectivity index (χ3v) is 6.32. The minimum Gasteiger partial charge on any atom is -0.288 e. The molecule has 5 heterocycles. The number of thiophene rings is 1. The molecule has 0 saturated carbocycles. The molecule has 124 valence electrons. The van der Waals surface area contributed by atoms with E-state index < -0.39 is 5.91 Å². The van der Waals surface area contributed by atoms with E-state index in [9.17, 15) is 9.18 Å². The van der Waals surface area contributed by atoms with Gasteiger partial charge in [-0.15, -0.1) is 11.3 Å². The van der Waals surface area contributed by atoms with Crippen LogP contribution in [0.25, 0.3) is 20.7 Å². The Morgan fingerprint density at radius 1 is 1.46 bits per heavy atom. The molecule has 0 aliphatic carbocycles. The molecule has 0 amide bonds. The van der Waals surface area contributed by atoms with Gasteiger partial charge in [-0.1, -0.05) is 9.24 Å². The molecule has 1 saturated heterocycles. The van der Waals surface area contributed by atoms with Crippen molar-refractivity contribution < 1.29 is 4.39 Å². The highest BCUT2D eigenvalue weighted by Gasteiger charge is 2.54. The molecule has 24 heavy (non-hydrogen) atoms. The minimum atomic E-state index is -1.23. The number of alkyl halides is 1. The van der Waals surface area contributed by atoms with Crippen molar-refractivity contribution in [1.82, 2.24) is 25.1 Å². The number of halogens is 1. The summed E-state index contributed by atoms with van der Waals surface area (Å²) in [7, 11) is 2.11. The fourth-order valence-corrected chi connectivity index (χ4v) is 4.93. The summed E-state index contributed by atoms with van der Waals surface area (Å²) in [6.07, 6.45) is 4.73. The van der Waals surface area contributed by atoms with Crippen LogP contribution in [0.4, 0.5) is 4.39 Å². The predicted octanol–water partition coefficient (Wildman–Crippen LogP) is 2.48. The molecule has 3 atom stereocenters. The molecule has 2 aliphatic heterocycles. The summed E-state index contributed by atoms with van der Waals surface area (Å²) >= 11 is 1.35. The van der Waals surface area contributed by atoms with Crippen molar-refractivity contribution in [2.45, 2.75) is 30.8 Å². The zero-order valence-corrected chi connectivity index (χ0v) is 14.6. The number of H-pyrrole nitrogens is 1. The van der Waals surface area contributed by atoms with E-state index in [2.05, 4.69) is 24.8 Å². The van der Waals surface area contributed by atoms with Gasteiger partial charge in [0.15, 0.2) is 17.4 Å². The zero-order chi connectivity index (χ0) is 16.5. The second-order valence-electron chi connectivity index (χ2n) is 6.24. The number of rotatable bonds is 2. The second kappa shape index (κ2) is 4.94. The third kappa shape index (κ3) is 1.84. The Bertz CT molecular complexity index is 1020. The van der Waals surface area contributed by atoms with Crippen LogP contribution < -0.4 is 10.9 Å². The van der Waals surface area contributed by atoms with Gasteiger partial charge in [-0.3, -0.25) is 19.8 Å². The molecular weight excluding hydrogens is 348 g/mol. The summed E-state index contributed by atoms with van der Waals surface area (Å²) in [4.78, 5) is 18.3. The van der Waals surface area contributed by atoms with Gasteiger partial charge in [0.1, 0.15) is 4.70 Å². The van der Waals surface area contributed by atoms with E-state index in [1.54, 1.807) is 10.8 Å². The van der Waals surface area contributed by atoms with Gasteiger partial charge in [0, 0.05) is 10.4 Å². The van der Waals surface area contributed by atoms with Crippen LogP contribution in [0.3, 0.4) is 0 Å². The first-order valence-electron chi connectivity index (χ1n) is 7.88. The van der Waals surface area contributed by atoms with Crippen LogP contribution in [-0.4, -0.2) is 26.3 Å². The van der Waals surface area contributed by atoms with Gasteiger partial charge in [0.25, 0.3) is 5.56 Å². The summed E-state index contributed by atoms with van der Waals surface area (Å²) < 4.78 is 16.1. The Labute approximate surface area is 142 Å². The molecule has 3 aromatic heterocycles. The van der Waals surface area contributed by atoms with Crippen molar-refractivity contribution in [2.24, 2.45) is 0 Å². The van der Waals surface area contributed by atoms with Crippen molar-refractivity contribution in [3.63, 3.8) is 0 Å². The molecule has 9 heteroatoms. The highest BCUT2D eigenvalue weighted by atomic mass is 32.1. The first-order valence-corrected chi connectivity index (χ1v) is 9.36. The second-order valence-corrected chi connectivity index (χ2v) is 7.88. The molecule has 0 radical (unpaired) electrons. The van der Waals surface area contributed by atoms with Crippen molar-refractivity contribution >= 4 is 30.8 Å². The lowest BCUT2D eigenvalue weighted by Gasteiger charge is -2.21. The summed E-state index contributed by atoms with van der Waals surface area (Å²) in [5.74, 6) is -0.401. The fraction of sp³-hybridized carbons (Fsp3) is 0.400. The molecule has 0 bridgehead atoms. The number of fused-ring (bicyclic) bond motifs is 4. The Kier molecular flexibility index (Phi) is 3.02. The molecule has 1 fully saturated rings. The monoisotopic (exact) mass is 363 g/mol. The van der Waals surface area contributed by atoms with E-state index in [1.165, 1.54) is 11.3 Å². The highest BCUT2D eigenvalue weighted by Crippen LogP contribution is 2.44. The standard InChI is InChI=1S/C15H15FN5OPS/c16-12(23)10-7(6-18-20-10)9-5-8-11(24-9)13(22)21-14(19-8)15(21)3-1-2-4-17-15/h5-6,12,17H,1-4,23H2,(H,18,20)/t12?,15-,21?/m1/s1. The zero-order valence-electron chi connectivity index (χ0n) is 12.7. The largest absolute Gasteiger partial charge is 0.288 e. The van der Waals surface area contributed by atoms with Crippen molar-refractivity contribution in [3.8, 4) is 10.4 Å². The predicted molar refractivity (Wildman–Crippen MR) is 94.0 cm³/mol. The number of nitrogens with zero attached hydrogens (tertiary/aromatic N) is 3. The van der Waals surface area contributed by atoms with Crippen LogP contribution in [-0.2, 0) is 5.66 Å². The number of nitrogens with one attached hydrogen (secondary N) is 2. The highest BCUT2D eigenvalue weighted by molar-refractivity contribution is 7.22. The normalized spacial score (nSPS) is 23.6. The van der Waals surface area contributed by atoms with Gasteiger partial charge in [-0.2, -0.15) is 5.10 Å². The van der Waals surface area contributed by atoms with E-state index in [1.807, 2.05) is 6.07 Å². The van der Waals surface area contributed by atoms with Gasteiger partial charge < -0.3 is 0 Å². The number of hydrogen-bond donors (Lipinski definition) is 2. The molecule has 2 N–H and O–H groups in total. The summed E-state index contributed by atoms with van der Waals surface area (Å²) in [6, 6.07) is 1.86. The molecule has 2 unspecified atom stereocenters. The smallest absolute Gasteiger partial charge is 0.273 e. The van der Waals surface area contributed by atoms with Gasteiger partial charge in [0.2, 0.25) is 0 Å². The molecule has 1 spiro atoms. The number of hydrogen-bond acceptors (Lipinski definition) is 5. The van der Waals surface area contributed by atoms with E-state index >= 15 is 0 Å². The van der Waals surface area contributed by atoms with Crippen LogP contribution in [0.2, 0.25) is 0 Å². The lowest BCUT2D eigenvalue weighted by Crippen LogP contribution is -2.39. The van der Waals surface area contributed by atoms with E-state index in [4.69, 9.17) is 4.98 Å². The lowest BCUT2D eigenvalue weighted by molar-refractivity contribution is 0.315. The van der Waals surface area contributed by atoms with Gasteiger partial charge in [0.05, 0.1) is 17.4 Å². The average molecular weight is 363 g/mol. The maximum Gasteiger partial charge on any atom is 0.273 e. The molecular formula is C15H15FN5OPS. The summed E-state index contributed by atoms with van der Waals surface area (Å²) in [5, 5.41) is 10.0. The van der Waals surface area contributed by atoms with Gasteiger partial charge >= 0.3 is 0 Å². The maximum absolute atomic E-state index is 13.7. The van der Waals surface area contributed by atoms with E-state index in [0.717, 1.165) is 36.5 Å². The number of aromatic amines is 1. The maximum atomic E-state index is 13.7. The van der Waals surface area contributed by atoms with Gasteiger partial charge in [-0.25, -0.2) is 9.37 Å². The van der Waals surface area contributed by atoms with Crippen LogP contribution >= 0.6 is 20.6 Å². The number of piperidine rings is 1. The quantitative estimate of drug-likeness (QED) is 0.686. The summed E-state index contributed by atoms with van der Waals surface area (Å²) in [6.45, 7) is 0.909.